The Balaban J connectivity index is -0.000000200. The molecule has 0 aliphatic rings. The van der Waals surface area contributed by atoms with E-state index in [1.807, 2.05) is 13.8 Å². The van der Waals surface area contributed by atoms with Gasteiger partial charge in [-0.2, -0.15) is 0 Å². The van der Waals surface area contributed by atoms with Crippen LogP contribution in [0.5, 0.6) is 0 Å². The van der Waals surface area contributed by atoms with Crippen LogP contribution in [0, 0.1) is 0 Å². The van der Waals surface area contributed by atoms with E-state index in [0.717, 1.165) is 0 Å². The normalized spacial score (nSPS) is 12.1. The Hall–Kier alpha value is -0.640. The minimum absolute atomic E-state index is 0.00667. The third kappa shape index (κ3) is 42.6. The molecular weight excluding hydrogens is 192 g/mol. The van der Waals surface area contributed by atoms with Crippen molar-refractivity contribution in [1.82, 2.24) is 0 Å². The summed E-state index contributed by atoms with van der Waals surface area (Å²) >= 11 is 0. The van der Waals surface area contributed by atoms with Crippen LogP contribution in [-0.4, -0.2) is 35.6 Å². The minimum Gasteiger partial charge on any atom is -0.394 e. The Labute approximate surface area is 94.1 Å². The molecule has 0 aliphatic carbocycles. The summed E-state index contributed by atoms with van der Waals surface area (Å²) in [6.45, 7) is 14.2. The molecule has 15 heavy (non-hydrogen) atoms. The van der Waals surface area contributed by atoms with Crippen molar-refractivity contribution < 1.29 is 14.9 Å². The van der Waals surface area contributed by atoms with Gasteiger partial charge in [0, 0.05) is 0 Å². The van der Waals surface area contributed by atoms with Crippen LogP contribution in [0.1, 0.15) is 27.7 Å². The minimum atomic E-state index is -0.445. The number of rotatable bonds is 4. The van der Waals surface area contributed by atoms with Gasteiger partial charge in [0.15, 0.2) is 0 Å². The highest BCUT2D eigenvalue weighted by molar-refractivity contribution is 4.52. The molecule has 0 rings (SSSR count). The molecule has 0 aromatic carbocycles. The summed E-state index contributed by atoms with van der Waals surface area (Å²) in [5, 5.41) is 17.1. The number of hydrogen-bond donors (Lipinski definition) is 2. The molecule has 0 heterocycles. The Morgan fingerprint density at radius 3 is 1.73 bits per heavy atom. The second-order valence-electron chi connectivity index (χ2n) is 2.99. The first-order valence-electron chi connectivity index (χ1n) is 5.04. The zero-order valence-electron chi connectivity index (χ0n) is 10.4. The molecule has 0 aliphatic heterocycles. The van der Waals surface area contributed by atoms with E-state index in [1.54, 1.807) is 26.0 Å². The van der Waals surface area contributed by atoms with E-state index in [0.29, 0.717) is 6.61 Å². The Bertz CT molecular complexity index is 116. The molecule has 0 aromatic rings. The van der Waals surface area contributed by atoms with Crippen LogP contribution in [-0.2, 0) is 4.74 Å². The third-order valence-electron chi connectivity index (χ3n) is 0.879. The molecule has 0 bridgehead atoms. The van der Waals surface area contributed by atoms with E-state index < -0.39 is 6.10 Å². The quantitative estimate of drug-likeness (QED) is 0.711. The van der Waals surface area contributed by atoms with Crippen molar-refractivity contribution in [3.05, 3.63) is 25.3 Å². The first kappa shape index (κ1) is 19.9. The van der Waals surface area contributed by atoms with E-state index in [2.05, 4.69) is 13.2 Å². The fourth-order valence-electron chi connectivity index (χ4n) is 0.356. The van der Waals surface area contributed by atoms with Crippen LogP contribution in [0.3, 0.4) is 0 Å². The fraction of sp³-hybridized carbons (Fsp3) is 0.667. The second kappa shape index (κ2) is 19.0. The predicted molar refractivity (Wildman–Crippen MR) is 65.9 cm³/mol. The van der Waals surface area contributed by atoms with Gasteiger partial charge in [-0.3, -0.25) is 0 Å². The summed E-state index contributed by atoms with van der Waals surface area (Å²) in [6.07, 6.45) is 2.89. The molecule has 0 aromatic heterocycles. The van der Waals surface area contributed by atoms with Crippen molar-refractivity contribution in [3.63, 3.8) is 0 Å². The average molecular weight is 218 g/mol. The van der Waals surface area contributed by atoms with Crippen LogP contribution in [0.25, 0.3) is 0 Å². The van der Waals surface area contributed by atoms with Crippen LogP contribution in [0.15, 0.2) is 25.3 Å². The van der Waals surface area contributed by atoms with Gasteiger partial charge in [0.1, 0.15) is 0 Å². The molecule has 0 radical (unpaired) electrons. The van der Waals surface area contributed by atoms with Gasteiger partial charge in [-0.1, -0.05) is 12.2 Å². The lowest BCUT2D eigenvalue weighted by atomic mass is 10.4. The van der Waals surface area contributed by atoms with Crippen molar-refractivity contribution in [3.8, 4) is 0 Å². The molecule has 0 spiro atoms. The van der Waals surface area contributed by atoms with Gasteiger partial charge in [-0.05, 0) is 27.7 Å². The summed E-state index contributed by atoms with van der Waals surface area (Å²) in [6, 6.07) is 0. The lowest BCUT2D eigenvalue weighted by Crippen LogP contribution is -2.19. The van der Waals surface area contributed by atoms with Gasteiger partial charge in [0.05, 0.1) is 25.4 Å². The predicted octanol–water partition coefficient (Wildman–Crippen LogP) is 2.15. The van der Waals surface area contributed by atoms with Crippen LogP contribution in [0.4, 0.5) is 0 Å². The first-order chi connectivity index (χ1) is 6.99. The molecule has 0 saturated heterocycles. The smallest absolute Gasteiger partial charge is 0.0779 e. The fourth-order valence-corrected chi connectivity index (χ4v) is 0.356. The lowest BCUT2D eigenvalue weighted by molar-refractivity contribution is -0.0177. The molecular formula is C12H26O3. The lowest BCUT2D eigenvalue weighted by Gasteiger charge is -2.10. The van der Waals surface area contributed by atoms with Gasteiger partial charge in [0.2, 0.25) is 0 Å². The summed E-state index contributed by atoms with van der Waals surface area (Å²) in [7, 11) is 0. The molecule has 0 saturated carbocycles. The number of ether oxygens (including phenoxy) is 1. The maximum absolute atomic E-state index is 8.69. The van der Waals surface area contributed by atoms with Gasteiger partial charge < -0.3 is 14.9 Å². The molecule has 92 valence electrons. The SMILES string of the molecule is C=CC.C=CC.CC(O)COC(C)CO. The van der Waals surface area contributed by atoms with Crippen LogP contribution >= 0.6 is 0 Å². The molecule has 2 unspecified atom stereocenters. The molecule has 2 N–H and O–H groups in total. The van der Waals surface area contributed by atoms with Gasteiger partial charge in [-0.25, -0.2) is 0 Å². The van der Waals surface area contributed by atoms with E-state index in [-0.39, 0.29) is 12.7 Å². The summed E-state index contributed by atoms with van der Waals surface area (Å²) in [5.41, 5.74) is 0. The summed E-state index contributed by atoms with van der Waals surface area (Å²) < 4.78 is 4.95. The Morgan fingerprint density at radius 1 is 1.20 bits per heavy atom. The number of aliphatic hydroxyl groups excluding tert-OH is 2. The summed E-state index contributed by atoms with van der Waals surface area (Å²) in [5.74, 6) is 0. The zero-order chi connectivity index (χ0) is 12.7. The van der Waals surface area contributed by atoms with Gasteiger partial charge in [0.25, 0.3) is 0 Å². The van der Waals surface area contributed by atoms with Crippen molar-refractivity contribution in [2.24, 2.45) is 0 Å². The first-order valence-corrected chi connectivity index (χ1v) is 5.04. The standard InChI is InChI=1S/C6H14O3.2C3H6/c1-5(8)4-9-6(2)3-7;2*1-3-2/h5-8H,3-4H2,1-2H3;2*3H,1H2,2H3. The van der Waals surface area contributed by atoms with Crippen LogP contribution < -0.4 is 0 Å². The molecule has 3 nitrogen and oxygen atoms in total. The van der Waals surface area contributed by atoms with E-state index in [9.17, 15) is 0 Å². The van der Waals surface area contributed by atoms with Gasteiger partial charge >= 0.3 is 0 Å². The highest BCUT2D eigenvalue weighted by Gasteiger charge is 2.00. The number of aliphatic hydroxyl groups is 2. The van der Waals surface area contributed by atoms with Crippen molar-refractivity contribution in [2.75, 3.05) is 13.2 Å². The Morgan fingerprint density at radius 2 is 1.53 bits per heavy atom. The average Bonchev–Trinajstić information content (AvgIpc) is 2.16. The highest BCUT2D eigenvalue weighted by Crippen LogP contribution is 1.90. The highest BCUT2D eigenvalue weighted by atomic mass is 16.5. The zero-order valence-corrected chi connectivity index (χ0v) is 10.4. The maximum atomic E-state index is 8.69. The van der Waals surface area contributed by atoms with Gasteiger partial charge in [-0.15, -0.1) is 13.2 Å². The maximum Gasteiger partial charge on any atom is 0.0779 e. The van der Waals surface area contributed by atoms with Crippen molar-refractivity contribution >= 4 is 0 Å². The second-order valence-corrected chi connectivity index (χ2v) is 2.99. The third-order valence-corrected chi connectivity index (χ3v) is 0.879. The van der Waals surface area contributed by atoms with Crippen molar-refractivity contribution in [1.29, 1.82) is 0 Å². The molecule has 0 amide bonds. The molecule has 2 atom stereocenters. The summed E-state index contributed by atoms with van der Waals surface area (Å²) in [4.78, 5) is 0. The topological polar surface area (TPSA) is 49.7 Å². The molecule has 3 heteroatoms. The monoisotopic (exact) mass is 218 g/mol. The van der Waals surface area contributed by atoms with E-state index in [1.165, 1.54) is 0 Å². The largest absolute Gasteiger partial charge is 0.394 e. The molecule has 0 fully saturated rings. The number of allylic oxidation sites excluding steroid dienone is 2. The van der Waals surface area contributed by atoms with E-state index in [4.69, 9.17) is 14.9 Å². The van der Waals surface area contributed by atoms with Crippen LogP contribution in [0.2, 0.25) is 0 Å². The Kier molecular flexibility index (Phi) is 25.2. The van der Waals surface area contributed by atoms with E-state index >= 15 is 0 Å². The number of hydrogen-bond acceptors (Lipinski definition) is 3. The van der Waals surface area contributed by atoms with Crippen molar-refractivity contribution in [2.45, 2.75) is 39.9 Å².